The molecule has 1 aromatic heterocycles. The molecule has 0 bridgehead atoms. The summed E-state index contributed by atoms with van der Waals surface area (Å²) >= 11 is 1.42. The summed E-state index contributed by atoms with van der Waals surface area (Å²) in [5.41, 5.74) is 4.13. The van der Waals surface area contributed by atoms with E-state index >= 15 is 0 Å². The number of hydrazone groups is 1. The fourth-order valence-corrected chi connectivity index (χ4v) is 7.65. The van der Waals surface area contributed by atoms with Gasteiger partial charge in [-0.25, -0.2) is 14.6 Å². The molecule has 0 spiro atoms. The molecule has 2 saturated carbocycles. The summed E-state index contributed by atoms with van der Waals surface area (Å²) in [4.78, 5) is 78.8. The quantitative estimate of drug-likeness (QED) is 0.0214. The third kappa shape index (κ3) is 14.1. The van der Waals surface area contributed by atoms with E-state index in [4.69, 9.17) is 28.4 Å². The number of nitrogens with one attached hydrogen (secondary N) is 1. The molecule has 1 heterocycles. The summed E-state index contributed by atoms with van der Waals surface area (Å²) in [6.45, 7) is 7.58. The van der Waals surface area contributed by atoms with Gasteiger partial charge in [0.05, 0.1) is 66.5 Å². The highest BCUT2D eigenvalue weighted by molar-refractivity contribution is 7.22. The lowest BCUT2D eigenvalue weighted by molar-refractivity contribution is -0.152. The van der Waals surface area contributed by atoms with Crippen molar-refractivity contribution in [1.29, 1.82) is 0 Å². The molecule has 2 fully saturated rings. The lowest BCUT2D eigenvalue weighted by Gasteiger charge is -2.26. The smallest absolute Gasteiger partial charge is 0.330 e. The first kappa shape index (κ1) is 45.2. The van der Waals surface area contributed by atoms with Crippen molar-refractivity contribution in [3.63, 3.8) is 0 Å². The molecule has 2 aliphatic carbocycles. The van der Waals surface area contributed by atoms with Gasteiger partial charge in [0.25, 0.3) is 0 Å². The molecule has 0 radical (unpaired) electrons. The number of hydrogen-bond acceptors (Lipinski definition) is 16. The van der Waals surface area contributed by atoms with Crippen LogP contribution in [0.1, 0.15) is 82.6 Å². The maximum absolute atomic E-state index is 13.4. The average molecular weight is 846 g/mol. The first-order chi connectivity index (χ1) is 29.1. The van der Waals surface area contributed by atoms with Gasteiger partial charge < -0.3 is 28.4 Å². The zero-order valence-corrected chi connectivity index (χ0v) is 34.3. The Bertz CT molecular complexity index is 1980. The molecule has 2 aliphatic rings. The number of thiazole rings is 1. The maximum atomic E-state index is 13.4. The van der Waals surface area contributed by atoms with E-state index in [0.29, 0.717) is 87.7 Å². The number of fused-ring (bicyclic) bond motifs is 1. The number of carbonyl (C=O) groups excluding carboxylic acids is 6. The number of nitrogens with zero attached hydrogens (tertiary/aromatic N) is 2. The molecule has 0 amide bonds. The van der Waals surface area contributed by atoms with Gasteiger partial charge >= 0.3 is 35.8 Å². The Morgan fingerprint density at radius 1 is 0.650 bits per heavy atom. The van der Waals surface area contributed by atoms with E-state index in [1.807, 2.05) is 24.3 Å². The predicted octanol–water partition coefficient (Wildman–Crippen LogP) is 7.27. The summed E-state index contributed by atoms with van der Waals surface area (Å²) < 4.78 is 33.4. The summed E-state index contributed by atoms with van der Waals surface area (Å²) in [5, 5.41) is 4.91. The van der Waals surface area contributed by atoms with E-state index < -0.39 is 35.7 Å². The SMILES string of the molecule is C=CC(=O)OCCCCOC(=O)C1CCC(C(=O)Oc2ccc(OC(=O)C3CCC(C(=O)OCCCCOC(=O)C=C)CC3)c(/C=N/Nc3nc4ccccc4s3)c2)CC1. The number of unbranched alkanes of at least 4 members (excludes halogenated alkanes) is 2. The molecule has 2 aromatic carbocycles. The minimum atomic E-state index is -0.493. The number of rotatable bonds is 21. The van der Waals surface area contributed by atoms with Gasteiger partial charge in [0.2, 0.25) is 5.13 Å². The van der Waals surface area contributed by atoms with Crippen molar-refractivity contribution in [2.45, 2.75) is 77.0 Å². The Morgan fingerprint density at radius 2 is 1.13 bits per heavy atom. The number of aromatic nitrogens is 1. The number of hydrogen-bond donors (Lipinski definition) is 1. The molecule has 1 N–H and O–H groups in total. The Hall–Kier alpha value is -5.90. The van der Waals surface area contributed by atoms with Gasteiger partial charge in [0.15, 0.2) is 0 Å². The lowest BCUT2D eigenvalue weighted by atomic mass is 9.82. The van der Waals surface area contributed by atoms with Crippen molar-refractivity contribution in [1.82, 2.24) is 4.98 Å². The van der Waals surface area contributed by atoms with Gasteiger partial charge in [-0.05, 0) is 107 Å². The number of anilines is 1. The third-order valence-corrected chi connectivity index (χ3v) is 11.2. The zero-order valence-electron chi connectivity index (χ0n) is 33.5. The van der Waals surface area contributed by atoms with Crippen LogP contribution >= 0.6 is 11.3 Å². The summed E-state index contributed by atoms with van der Waals surface area (Å²) in [7, 11) is 0. The zero-order chi connectivity index (χ0) is 42.7. The number of para-hydroxylation sites is 1. The van der Waals surface area contributed by atoms with Crippen molar-refractivity contribution in [3.05, 3.63) is 73.3 Å². The summed E-state index contributed by atoms with van der Waals surface area (Å²) in [6, 6.07) is 12.4. The van der Waals surface area contributed by atoms with Crippen molar-refractivity contribution < 1.29 is 57.2 Å². The largest absolute Gasteiger partial charge is 0.465 e. The van der Waals surface area contributed by atoms with Crippen LogP contribution in [0, 0.1) is 23.7 Å². The van der Waals surface area contributed by atoms with E-state index in [2.05, 4.69) is 28.7 Å². The van der Waals surface area contributed by atoms with E-state index in [0.717, 1.165) is 22.4 Å². The predicted molar refractivity (Wildman–Crippen MR) is 222 cm³/mol. The number of carbonyl (C=O) groups is 6. The molecule has 15 nitrogen and oxygen atoms in total. The van der Waals surface area contributed by atoms with E-state index in [-0.39, 0.29) is 61.7 Å². The van der Waals surface area contributed by atoms with Crippen molar-refractivity contribution >= 4 is 68.7 Å². The molecule has 320 valence electrons. The maximum Gasteiger partial charge on any atom is 0.330 e. The second-order valence-corrected chi connectivity index (χ2v) is 15.5. The minimum Gasteiger partial charge on any atom is -0.465 e. The van der Waals surface area contributed by atoms with Gasteiger partial charge in [-0.1, -0.05) is 36.6 Å². The van der Waals surface area contributed by atoms with E-state index in [1.165, 1.54) is 17.6 Å². The van der Waals surface area contributed by atoms with Gasteiger partial charge in [0, 0.05) is 17.7 Å². The van der Waals surface area contributed by atoms with Gasteiger partial charge in [-0.15, -0.1) is 0 Å². The Balaban J connectivity index is 1.13. The van der Waals surface area contributed by atoms with Crippen molar-refractivity contribution in [3.8, 4) is 11.5 Å². The lowest BCUT2D eigenvalue weighted by Crippen LogP contribution is -2.30. The van der Waals surface area contributed by atoms with Gasteiger partial charge in [0.1, 0.15) is 11.5 Å². The Labute approximate surface area is 352 Å². The number of esters is 6. The van der Waals surface area contributed by atoms with Crippen LogP contribution in [0.5, 0.6) is 11.5 Å². The highest BCUT2D eigenvalue weighted by Crippen LogP contribution is 2.34. The summed E-state index contributed by atoms with van der Waals surface area (Å²) in [5.74, 6) is -3.50. The highest BCUT2D eigenvalue weighted by atomic mass is 32.1. The molecule has 0 unspecified atom stereocenters. The molecular weight excluding hydrogens is 795 g/mol. The van der Waals surface area contributed by atoms with Crippen LogP contribution in [0.4, 0.5) is 5.13 Å². The highest BCUT2D eigenvalue weighted by Gasteiger charge is 2.33. The third-order valence-electron chi connectivity index (χ3n) is 10.2. The van der Waals surface area contributed by atoms with Gasteiger partial charge in [-0.3, -0.25) is 24.6 Å². The Kier molecular flexibility index (Phi) is 17.8. The van der Waals surface area contributed by atoms with Gasteiger partial charge in [-0.2, -0.15) is 5.10 Å². The molecular formula is C44H51N3O12S. The van der Waals surface area contributed by atoms with Crippen LogP contribution in [0.2, 0.25) is 0 Å². The van der Waals surface area contributed by atoms with E-state index in [1.54, 1.807) is 18.2 Å². The van der Waals surface area contributed by atoms with Crippen LogP contribution < -0.4 is 14.9 Å². The minimum absolute atomic E-state index is 0.215. The van der Waals surface area contributed by atoms with Crippen LogP contribution in [-0.2, 0) is 47.7 Å². The number of ether oxygens (including phenoxy) is 6. The summed E-state index contributed by atoms with van der Waals surface area (Å²) in [6.07, 6.45) is 9.63. The first-order valence-corrected chi connectivity index (χ1v) is 21.1. The molecule has 0 saturated heterocycles. The second-order valence-electron chi connectivity index (χ2n) is 14.5. The van der Waals surface area contributed by atoms with Crippen LogP contribution in [0.3, 0.4) is 0 Å². The molecule has 3 aromatic rings. The Morgan fingerprint density at radius 3 is 1.65 bits per heavy atom. The van der Waals surface area contributed by atoms with Crippen LogP contribution in [0.25, 0.3) is 10.2 Å². The first-order valence-electron chi connectivity index (χ1n) is 20.3. The molecule has 0 atom stereocenters. The topological polar surface area (TPSA) is 195 Å². The monoisotopic (exact) mass is 845 g/mol. The normalized spacial score (nSPS) is 18.8. The standard InChI is InChI=1S/C44H51N3O12S/c1-3-38(48)54-23-7-9-25-56-40(50)29-13-17-31(18-14-29)42(52)58-34-21-22-36(33(27-34)28-45-47-44-46-35-11-5-6-12-37(35)60-44)59-43(53)32-19-15-30(16-20-32)41(51)57-26-10-8-24-55-39(49)4-2/h3-6,11-12,21-22,27-32H,1-2,7-10,13-20,23-26H2,(H,46,47)/b45-28+. The number of benzene rings is 2. The average Bonchev–Trinajstić information content (AvgIpc) is 3.69. The second kappa shape index (κ2) is 23.6. The van der Waals surface area contributed by atoms with Crippen LogP contribution in [-0.4, -0.2) is 73.4 Å². The molecule has 60 heavy (non-hydrogen) atoms. The fourth-order valence-electron chi connectivity index (χ4n) is 6.83. The van der Waals surface area contributed by atoms with Crippen molar-refractivity contribution in [2.24, 2.45) is 28.8 Å². The molecule has 0 aliphatic heterocycles. The molecule has 16 heteroatoms. The van der Waals surface area contributed by atoms with Crippen LogP contribution in [0.15, 0.2) is 72.9 Å². The molecule has 5 rings (SSSR count). The van der Waals surface area contributed by atoms with Crippen molar-refractivity contribution in [2.75, 3.05) is 31.9 Å². The van der Waals surface area contributed by atoms with E-state index in [9.17, 15) is 28.8 Å². The fraction of sp³-hybridized carbons (Fsp3) is 0.455.